The monoisotopic (exact) mass is 335 g/mol. The summed E-state index contributed by atoms with van der Waals surface area (Å²) in [7, 11) is 1.23. The predicted molar refractivity (Wildman–Crippen MR) is 85.0 cm³/mol. The molecule has 0 aliphatic carbocycles. The fourth-order valence-corrected chi connectivity index (χ4v) is 2.73. The lowest BCUT2D eigenvalue weighted by molar-refractivity contribution is -0.121. The molecule has 8 heteroatoms. The summed E-state index contributed by atoms with van der Waals surface area (Å²) in [4.78, 5) is 11.8. The smallest absolute Gasteiger partial charge is 0.242 e. The molecule has 0 aromatic heterocycles. The number of rotatable bonds is 7. The van der Waals surface area contributed by atoms with Gasteiger partial charge in [0.15, 0.2) is 0 Å². The molecule has 0 atom stereocenters. The average molecular weight is 336 g/mol. The maximum atomic E-state index is 12.2. The van der Waals surface area contributed by atoms with Gasteiger partial charge in [0.2, 0.25) is 15.9 Å². The van der Waals surface area contributed by atoms with Gasteiger partial charge in [-0.3, -0.25) is 4.79 Å². The largest absolute Gasteiger partial charge is 0.352 e. The minimum absolute atomic E-state index is 0. The molecule has 0 bridgehead atoms. The fourth-order valence-electron chi connectivity index (χ4n) is 1.62. The van der Waals surface area contributed by atoms with Crippen LogP contribution in [0.3, 0.4) is 0 Å². The van der Waals surface area contributed by atoms with Crippen LogP contribution in [0.4, 0.5) is 0 Å². The highest BCUT2D eigenvalue weighted by Crippen LogP contribution is 2.18. The van der Waals surface area contributed by atoms with Gasteiger partial charge in [-0.05, 0) is 18.7 Å². The van der Waals surface area contributed by atoms with E-state index in [0.717, 1.165) is 4.31 Å². The standard InChI is InChI=1S/C13H21N3O3S.ClH/c1-14-9-8-13(17)15-10-11-6-4-5-7-12(11)20(18,19)16(2)3;/h4-7,14H,8-10H2,1-3H3,(H,15,17);1H. The van der Waals surface area contributed by atoms with Crippen molar-refractivity contribution in [3.8, 4) is 0 Å². The molecule has 120 valence electrons. The van der Waals surface area contributed by atoms with Gasteiger partial charge in [0, 0.05) is 33.6 Å². The second-order valence-electron chi connectivity index (χ2n) is 4.53. The minimum atomic E-state index is -3.50. The lowest BCUT2D eigenvalue weighted by Crippen LogP contribution is -2.28. The second-order valence-corrected chi connectivity index (χ2v) is 6.65. The molecule has 1 aromatic carbocycles. The number of hydrogen-bond donors (Lipinski definition) is 2. The van der Waals surface area contributed by atoms with E-state index in [1.165, 1.54) is 14.1 Å². The van der Waals surface area contributed by atoms with Crippen LogP contribution < -0.4 is 10.6 Å². The quantitative estimate of drug-likeness (QED) is 0.764. The normalized spacial score (nSPS) is 11.0. The zero-order valence-corrected chi connectivity index (χ0v) is 14.1. The van der Waals surface area contributed by atoms with E-state index in [1.54, 1.807) is 31.3 Å². The number of nitrogens with zero attached hydrogens (tertiary/aromatic N) is 1. The minimum Gasteiger partial charge on any atom is -0.352 e. The third kappa shape index (κ3) is 5.62. The maximum Gasteiger partial charge on any atom is 0.242 e. The molecule has 1 rings (SSSR count). The molecule has 0 fully saturated rings. The Bertz CT molecular complexity index is 562. The van der Waals surface area contributed by atoms with Gasteiger partial charge in [-0.15, -0.1) is 12.4 Å². The molecule has 0 aliphatic heterocycles. The first-order valence-electron chi connectivity index (χ1n) is 6.31. The van der Waals surface area contributed by atoms with E-state index in [0.29, 0.717) is 18.5 Å². The molecule has 0 unspecified atom stereocenters. The number of nitrogens with one attached hydrogen (secondary N) is 2. The molecule has 0 aliphatic rings. The summed E-state index contributed by atoms with van der Waals surface area (Å²) < 4.78 is 25.5. The number of amides is 1. The van der Waals surface area contributed by atoms with E-state index in [1.807, 2.05) is 0 Å². The van der Waals surface area contributed by atoms with E-state index in [-0.39, 0.29) is 29.8 Å². The summed E-state index contributed by atoms with van der Waals surface area (Å²) in [6, 6.07) is 6.67. The number of carbonyl (C=O) groups is 1. The molecule has 0 heterocycles. The summed E-state index contributed by atoms with van der Waals surface area (Å²) >= 11 is 0. The lowest BCUT2D eigenvalue weighted by Gasteiger charge is -2.15. The summed E-state index contributed by atoms with van der Waals surface area (Å²) in [5.41, 5.74) is 0.582. The van der Waals surface area contributed by atoms with Crippen molar-refractivity contribution in [1.29, 1.82) is 0 Å². The van der Waals surface area contributed by atoms with Gasteiger partial charge in [-0.2, -0.15) is 0 Å². The van der Waals surface area contributed by atoms with Gasteiger partial charge in [-0.25, -0.2) is 12.7 Å². The number of sulfonamides is 1. The molecule has 1 amide bonds. The Balaban J connectivity index is 0.00000400. The molecule has 0 radical (unpaired) electrons. The van der Waals surface area contributed by atoms with Crippen LogP contribution in [-0.4, -0.2) is 46.3 Å². The molecular formula is C13H22ClN3O3S. The van der Waals surface area contributed by atoms with Crippen LogP contribution in [0.2, 0.25) is 0 Å². The van der Waals surface area contributed by atoms with Crippen LogP contribution in [0.25, 0.3) is 0 Å². The Labute approximate surface area is 132 Å². The van der Waals surface area contributed by atoms with Crippen molar-refractivity contribution in [2.45, 2.75) is 17.9 Å². The number of benzene rings is 1. The van der Waals surface area contributed by atoms with Crippen molar-refractivity contribution in [2.75, 3.05) is 27.7 Å². The molecule has 6 nitrogen and oxygen atoms in total. The first-order chi connectivity index (χ1) is 9.39. The molecule has 2 N–H and O–H groups in total. The van der Waals surface area contributed by atoms with Crippen LogP contribution in [0.1, 0.15) is 12.0 Å². The molecular weight excluding hydrogens is 314 g/mol. The molecule has 0 saturated heterocycles. The summed E-state index contributed by atoms with van der Waals surface area (Å²) in [5, 5.41) is 5.61. The number of halogens is 1. The lowest BCUT2D eigenvalue weighted by atomic mass is 10.2. The highest BCUT2D eigenvalue weighted by atomic mass is 35.5. The van der Waals surface area contributed by atoms with E-state index >= 15 is 0 Å². The molecule has 21 heavy (non-hydrogen) atoms. The van der Waals surface area contributed by atoms with Gasteiger partial charge in [0.25, 0.3) is 0 Å². The Morgan fingerprint density at radius 3 is 2.43 bits per heavy atom. The molecule has 0 saturated carbocycles. The Morgan fingerprint density at radius 1 is 1.24 bits per heavy atom. The third-order valence-corrected chi connectivity index (χ3v) is 4.72. The number of hydrogen-bond acceptors (Lipinski definition) is 4. The van der Waals surface area contributed by atoms with E-state index in [9.17, 15) is 13.2 Å². The average Bonchev–Trinajstić information content (AvgIpc) is 2.42. The van der Waals surface area contributed by atoms with Crippen LogP contribution in [0.5, 0.6) is 0 Å². The molecule has 0 spiro atoms. The van der Waals surface area contributed by atoms with Crippen LogP contribution >= 0.6 is 12.4 Å². The summed E-state index contributed by atoms with van der Waals surface area (Å²) in [6.07, 6.45) is 0.360. The van der Waals surface area contributed by atoms with Crippen molar-refractivity contribution in [3.05, 3.63) is 29.8 Å². The van der Waals surface area contributed by atoms with Gasteiger partial charge < -0.3 is 10.6 Å². The Hall–Kier alpha value is -1.15. The SMILES string of the molecule is CNCCC(=O)NCc1ccccc1S(=O)(=O)N(C)C.Cl. The highest BCUT2D eigenvalue weighted by Gasteiger charge is 2.20. The Kier molecular flexibility index (Phi) is 8.50. The first kappa shape index (κ1) is 19.9. The Morgan fingerprint density at radius 2 is 1.86 bits per heavy atom. The first-order valence-corrected chi connectivity index (χ1v) is 7.75. The van der Waals surface area contributed by atoms with Crippen molar-refractivity contribution < 1.29 is 13.2 Å². The summed E-state index contributed by atoms with van der Waals surface area (Å²) in [5.74, 6) is -0.114. The van der Waals surface area contributed by atoms with Crippen molar-refractivity contribution in [3.63, 3.8) is 0 Å². The fraction of sp³-hybridized carbons (Fsp3) is 0.462. The van der Waals surface area contributed by atoms with Crippen molar-refractivity contribution in [1.82, 2.24) is 14.9 Å². The van der Waals surface area contributed by atoms with E-state index < -0.39 is 10.0 Å². The van der Waals surface area contributed by atoms with Crippen LogP contribution in [-0.2, 0) is 21.4 Å². The van der Waals surface area contributed by atoms with E-state index in [2.05, 4.69) is 10.6 Å². The second kappa shape index (κ2) is 8.99. The molecule has 1 aromatic rings. The predicted octanol–water partition coefficient (Wildman–Crippen LogP) is 0.584. The van der Waals surface area contributed by atoms with Crippen molar-refractivity contribution >= 4 is 28.3 Å². The van der Waals surface area contributed by atoms with Gasteiger partial charge in [0.1, 0.15) is 0 Å². The van der Waals surface area contributed by atoms with Crippen molar-refractivity contribution in [2.24, 2.45) is 0 Å². The van der Waals surface area contributed by atoms with Gasteiger partial charge in [-0.1, -0.05) is 18.2 Å². The van der Waals surface area contributed by atoms with Crippen LogP contribution in [0, 0.1) is 0 Å². The van der Waals surface area contributed by atoms with Gasteiger partial charge >= 0.3 is 0 Å². The zero-order chi connectivity index (χ0) is 15.2. The zero-order valence-electron chi connectivity index (χ0n) is 12.4. The maximum absolute atomic E-state index is 12.2. The van der Waals surface area contributed by atoms with Gasteiger partial charge in [0.05, 0.1) is 4.90 Å². The third-order valence-electron chi connectivity index (χ3n) is 2.81. The number of carbonyl (C=O) groups excluding carboxylic acids is 1. The van der Waals surface area contributed by atoms with Crippen LogP contribution in [0.15, 0.2) is 29.2 Å². The van der Waals surface area contributed by atoms with E-state index in [4.69, 9.17) is 0 Å². The topological polar surface area (TPSA) is 78.5 Å². The highest BCUT2D eigenvalue weighted by molar-refractivity contribution is 7.89. The summed E-state index contributed by atoms with van der Waals surface area (Å²) in [6.45, 7) is 0.787.